The van der Waals surface area contributed by atoms with Crippen LogP contribution in [0.25, 0.3) is 10.2 Å². The number of rotatable bonds is 6. The molecule has 1 N–H and O–H groups in total. The molecule has 0 saturated heterocycles. The molecule has 0 atom stereocenters. The van der Waals surface area contributed by atoms with Gasteiger partial charge in [0.05, 0.1) is 28.1 Å². The van der Waals surface area contributed by atoms with Gasteiger partial charge in [0.1, 0.15) is 21.9 Å². The van der Waals surface area contributed by atoms with Crippen LogP contribution < -0.4 is 14.2 Å². The minimum Gasteiger partial charge on any atom is -0.494 e. The highest BCUT2D eigenvalue weighted by atomic mass is 35.5. The predicted octanol–water partition coefficient (Wildman–Crippen LogP) is 7.22. The molecule has 1 aromatic heterocycles. The molecular weight excluding hydrogens is 536 g/mol. The number of methoxy groups -OCH3 is 1. The van der Waals surface area contributed by atoms with E-state index >= 15 is 0 Å². The number of hydrogen-bond donors (Lipinski definition) is 1. The van der Waals surface area contributed by atoms with Crippen molar-refractivity contribution in [2.75, 3.05) is 11.8 Å². The summed E-state index contributed by atoms with van der Waals surface area (Å²) in [5.74, 6) is 0.748. The van der Waals surface area contributed by atoms with Crippen molar-refractivity contribution in [1.82, 2.24) is 4.98 Å². The van der Waals surface area contributed by atoms with E-state index in [0.29, 0.717) is 23.4 Å². The maximum Gasteiger partial charge on any atom is 0.416 e. The quantitative estimate of drug-likeness (QED) is 0.275. The Morgan fingerprint density at radius 2 is 1.82 bits per heavy atom. The molecule has 4 aromatic rings. The van der Waals surface area contributed by atoms with Crippen LogP contribution in [0.1, 0.15) is 5.56 Å². The Kier molecular flexibility index (Phi) is 6.56. The van der Waals surface area contributed by atoms with Crippen LogP contribution in [0.2, 0.25) is 10.0 Å². The fourth-order valence-corrected chi connectivity index (χ4v) is 5.66. The molecule has 0 aliphatic heterocycles. The van der Waals surface area contributed by atoms with Crippen molar-refractivity contribution in [1.29, 1.82) is 0 Å². The Morgan fingerprint density at radius 3 is 2.50 bits per heavy atom. The molecule has 0 saturated carbocycles. The van der Waals surface area contributed by atoms with Gasteiger partial charge < -0.3 is 9.47 Å². The predicted molar refractivity (Wildman–Crippen MR) is 125 cm³/mol. The number of halogens is 5. The number of alkyl halides is 3. The van der Waals surface area contributed by atoms with Crippen molar-refractivity contribution in [3.63, 3.8) is 0 Å². The van der Waals surface area contributed by atoms with Gasteiger partial charge in [-0.2, -0.15) is 18.2 Å². The number of nitrogens with one attached hydrogen (secondary N) is 1. The third-order valence-corrected chi connectivity index (χ3v) is 7.44. The second-order valence-electron chi connectivity index (χ2n) is 6.81. The number of anilines is 1. The molecular formula is C21H13Cl2F3N2O4S2. The van der Waals surface area contributed by atoms with E-state index in [2.05, 4.69) is 9.71 Å². The van der Waals surface area contributed by atoms with Crippen LogP contribution in [-0.4, -0.2) is 20.5 Å². The highest BCUT2D eigenvalue weighted by molar-refractivity contribution is 7.92. The molecule has 34 heavy (non-hydrogen) atoms. The van der Waals surface area contributed by atoms with Gasteiger partial charge in [0.2, 0.25) is 0 Å². The van der Waals surface area contributed by atoms with Crippen molar-refractivity contribution in [2.45, 2.75) is 11.1 Å². The lowest BCUT2D eigenvalue weighted by Crippen LogP contribution is -2.14. The summed E-state index contributed by atoms with van der Waals surface area (Å²) in [5.41, 5.74) is -0.454. The van der Waals surface area contributed by atoms with E-state index in [1.54, 1.807) is 6.07 Å². The number of fused-ring (bicyclic) bond motifs is 1. The molecule has 0 radical (unpaired) electrons. The van der Waals surface area contributed by atoms with Crippen LogP contribution in [0.15, 0.2) is 59.5 Å². The molecule has 1 heterocycles. The molecule has 0 aliphatic rings. The molecule has 3 aromatic carbocycles. The molecule has 0 unspecified atom stereocenters. The van der Waals surface area contributed by atoms with Gasteiger partial charge in [-0.25, -0.2) is 8.42 Å². The summed E-state index contributed by atoms with van der Waals surface area (Å²) >= 11 is 13.2. The Morgan fingerprint density at radius 1 is 1.06 bits per heavy atom. The van der Waals surface area contributed by atoms with Crippen LogP contribution in [0.3, 0.4) is 0 Å². The summed E-state index contributed by atoms with van der Waals surface area (Å²) in [6.45, 7) is 0. The average molecular weight is 549 g/mol. The summed E-state index contributed by atoms with van der Waals surface area (Å²) < 4.78 is 78.2. The summed E-state index contributed by atoms with van der Waals surface area (Å²) in [4.78, 5) is 3.86. The van der Waals surface area contributed by atoms with E-state index in [1.165, 1.54) is 36.6 Å². The molecule has 0 spiro atoms. The van der Waals surface area contributed by atoms with Crippen LogP contribution >= 0.6 is 34.5 Å². The number of ether oxygens (including phenoxy) is 2. The molecule has 0 aliphatic carbocycles. The zero-order valence-corrected chi connectivity index (χ0v) is 20.1. The number of sulfonamides is 1. The zero-order valence-electron chi connectivity index (χ0n) is 17.0. The summed E-state index contributed by atoms with van der Waals surface area (Å²) in [5, 5.41) is -0.169. The van der Waals surface area contributed by atoms with Crippen molar-refractivity contribution in [3.8, 4) is 16.7 Å². The summed E-state index contributed by atoms with van der Waals surface area (Å²) in [6.07, 6.45) is -4.66. The maximum absolute atomic E-state index is 12.9. The van der Waals surface area contributed by atoms with Gasteiger partial charge in [-0.3, -0.25) is 4.72 Å². The SMILES string of the molecule is COc1cccc2sc(Oc3cc(Cl)cc(NS(=O)(=O)c4ccc(C(F)(F)F)cc4Cl)c3)nc12. The standard InChI is InChI=1S/C21H13Cl2F3N2O4S2/c1-31-16-3-2-4-17-19(16)27-20(33-17)32-14-9-12(22)8-13(10-14)28-34(29,30)18-6-5-11(7-15(18)23)21(24,25)26/h2-10,28H,1H3. The largest absolute Gasteiger partial charge is 0.494 e. The van der Waals surface area contributed by atoms with Crippen molar-refractivity contribution < 1.29 is 31.1 Å². The third kappa shape index (κ3) is 5.17. The smallest absolute Gasteiger partial charge is 0.416 e. The first-order chi connectivity index (χ1) is 16.0. The second-order valence-corrected chi connectivity index (χ2v) is 10.3. The van der Waals surface area contributed by atoms with E-state index in [-0.39, 0.29) is 21.7 Å². The number of nitrogens with zero attached hydrogens (tertiary/aromatic N) is 1. The van der Waals surface area contributed by atoms with Crippen LogP contribution in [0, 0.1) is 0 Å². The van der Waals surface area contributed by atoms with Crippen molar-refractivity contribution in [3.05, 3.63) is 70.2 Å². The highest BCUT2D eigenvalue weighted by Gasteiger charge is 2.32. The van der Waals surface area contributed by atoms with Gasteiger partial charge in [-0.05, 0) is 42.5 Å². The Bertz CT molecular complexity index is 1490. The maximum atomic E-state index is 12.9. The van der Waals surface area contributed by atoms with E-state index in [1.807, 2.05) is 12.1 Å². The Balaban J connectivity index is 1.61. The van der Waals surface area contributed by atoms with Gasteiger partial charge in [-0.1, -0.05) is 40.6 Å². The lowest BCUT2D eigenvalue weighted by Gasteiger charge is -2.13. The van der Waals surface area contributed by atoms with Crippen molar-refractivity contribution >= 4 is 60.5 Å². The molecule has 6 nitrogen and oxygen atoms in total. The number of para-hydroxylation sites is 1. The lowest BCUT2D eigenvalue weighted by atomic mass is 10.2. The second kappa shape index (κ2) is 9.14. The van der Waals surface area contributed by atoms with E-state index in [0.717, 1.165) is 10.8 Å². The van der Waals surface area contributed by atoms with Gasteiger partial charge >= 0.3 is 6.18 Å². The first-order valence-electron chi connectivity index (χ1n) is 9.28. The molecule has 0 fully saturated rings. The number of benzene rings is 3. The van der Waals surface area contributed by atoms with Crippen LogP contribution in [-0.2, 0) is 16.2 Å². The highest BCUT2D eigenvalue weighted by Crippen LogP contribution is 2.38. The van der Waals surface area contributed by atoms with Gasteiger partial charge in [0.25, 0.3) is 15.2 Å². The lowest BCUT2D eigenvalue weighted by molar-refractivity contribution is -0.137. The monoisotopic (exact) mass is 548 g/mol. The fourth-order valence-electron chi connectivity index (χ4n) is 3.00. The first-order valence-corrected chi connectivity index (χ1v) is 12.3. The third-order valence-electron chi connectivity index (χ3n) is 4.46. The van der Waals surface area contributed by atoms with Gasteiger partial charge in [0.15, 0.2) is 0 Å². The zero-order chi connectivity index (χ0) is 24.7. The van der Waals surface area contributed by atoms with Gasteiger partial charge in [0, 0.05) is 11.1 Å². The first kappa shape index (κ1) is 24.4. The Labute approximate surface area is 205 Å². The number of hydrogen-bond acceptors (Lipinski definition) is 6. The van der Waals surface area contributed by atoms with Gasteiger partial charge in [-0.15, -0.1) is 0 Å². The summed E-state index contributed by atoms with van der Waals surface area (Å²) in [6, 6.07) is 11.5. The molecule has 0 bridgehead atoms. The molecule has 4 rings (SSSR count). The number of aromatic nitrogens is 1. The topological polar surface area (TPSA) is 77.5 Å². The van der Waals surface area contributed by atoms with E-state index in [9.17, 15) is 21.6 Å². The van der Waals surface area contributed by atoms with Crippen molar-refractivity contribution in [2.24, 2.45) is 0 Å². The van der Waals surface area contributed by atoms with E-state index < -0.39 is 31.7 Å². The molecule has 178 valence electrons. The molecule has 13 heteroatoms. The van der Waals surface area contributed by atoms with Crippen LogP contribution in [0.4, 0.5) is 18.9 Å². The fraction of sp³-hybridized carbons (Fsp3) is 0.0952. The molecule has 0 amide bonds. The number of thiazole rings is 1. The van der Waals surface area contributed by atoms with E-state index in [4.69, 9.17) is 32.7 Å². The minimum absolute atomic E-state index is 0.0113. The van der Waals surface area contributed by atoms with Crippen LogP contribution in [0.5, 0.6) is 16.7 Å². The Hall–Kier alpha value is -2.73. The average Bonchev–Trinajstić information content (AvgIpc) is 3.14. The normalized spacial score (nSPS) is 12.1. The summed E-state index contributed by atoms with van der Waals surface area (Å²) in [7, 11) is -2.81. The minimum atomic E-state index is -4.66.